The molecule has 1 fully saturated rings. The van der Waals surface area contributed by atoms with Crippen LogP contribution in [-0.4, -0.2) is 43.0 Å². The highest BCUT2D eigenvalue weighted by atomic mass is 19.4. The molecule has 0 bridgehead atoms. The minimum absolute atomic E-state index is 0.202. The van der Waals surface area contributed by atoms with Gasteiger partial charge in [-0.05, 0) is 19.2 Å². The maximum absolute atomic E-state index is 12.8. The van der Waals surface area contributed by atoms with Crippen LogP contribution in [0.2, 0.25) is 0 Å². The van der Waals surface area contributed by atoms with Gasteiger partial charge in [0.25, 0.3) is 0 Å². The van der Waals surface area contributed by atoms with Gasteiger partial charge in [-0.25, -0.2) is 0 Å². The van der Waals surface area contributed by atoms with E-state index in [0.717, 1.165) is 6.07 Å². The van der Waals surface area contributed by atoms with Crippen molar-refractivity contribution in [1.29, 1.82) is 0 Å². The maximum atomic E-state index is 12.8. The fraction of sp³-hybridized carbons (Fsp3) is 0.429. The second-order valence-corrected chi connectivity index (χ2v) is 4.98. The highest BCUT2D eigenvalue weighted by Gasteiger charge is 2.34. The van der Waals surface area contributed by atoms with E-state index in [2.05, 4.69) is 5.32 Å². The number of para-hydroxylation sites is 1. The van der Waals surface area contributed by atoms with Crippen molar-refractivity contribution in [2.24, 2.45) is 0 Å². The molecule has 5 nitrogen and oxygen atoms in total. The zero-order valence-corrected chi connectivity index (χ0v) is 11.8. The molecule has 1 aromatic carbocycles. The van der Waals surface area contributed by atoms with Crippen molar-refractivity contribution < 1.29 is 27.5 Å². The molecule has 0 saturated carbocycles. The quantitative estimate of drug-likeness (QED) is 0.862. The molecule has 22 heavy (non-hydrogen) atoms. The first kappa shape index (κ1) is 16.3. The number of ether oxygens (including phenoxy) is 1. The van der Waals surface area contributed by atoms with Crippen LogP contribution < -0.4 is 5.32 Å². The summed E-state index contributed by atoms with van der Waals surface area (Å²) in [4.78, 5) is 24.7. The van der Waals surface area contributed by atoms with Crippen LogP contribution in [0.25, 0.3) is 0 Å². The van der Waals surface area contributed by atoms with E-state index >= 15 is 0 Å². The number of esters is 1. The molecule has 1 amide bonds. The molecule has 1 aromatic rings. The van der Waals surface area contributed by atoms with Crippen LogP contribution in [0.3, 0.4) is 0 Å². The Balaban J connectivity index is 2.02. The van der Waals surface area contributed by atoms with Gasteiger partial charge in [-0.2, -0.15) is 13.2 Å². The predicted molar refractivity (Wildman–Crippen MR) is 72.1 cm³/mol. The number of anilines is 1. The summed E-state index contributed by atoms with van der Waals surface area (Å²) in [6, 6.07) is 4.20. The van der Waals surface area contributed by atoms with Gasteiger partial charge >= 0.3 is 12.1 Å². The van der Waals surface area contributed by atoms with Crippen molar-refractivity contribution in [3.63, 3.8) is 0 Å². The molecule has 1 atom stereocenters. The number of carbonyl (C=O) groups is 2. The molecule has 0 radical (unpaired) electrons. The van der Waals surface area contributed by atoms with E-state index in [9.17, 15) is 22.8 Å². The van der Waals surface area contributed by atoms with Gasteiger partial charge in [0.15, 0.2) is 0 Å². The monoisotopic (exact) mass is 316 g/mol. The summed E-state index contributed by atoms with van der Waals surface area (Å²) in [6.07, 6.45) is -4.09. The average Bonchev–Trinajstić information content (AvgIpc) is 2.84. The number of amides is 1. The number of nitrogens with zero attached hydrogens (tertiary/aromatic N) is 1. The number of hydrogen-bond donors (Lipinski definition) is 1. The fourth-order valence-electron chi connectivity index (χ4n) is 2.25. The molecule has 120 valence electrons. The summed E-state index contributed by atoms with van der Waals surface area (Å²) < 4.78 is 43.3. The van der Waals surface area contributed by atoms with E-state index in [1.54, 1.807) is 7.05 Å². The van der Waals surface area contributed by atoms with Gasteiger partial charge in [-0.15, -0.1) is 0 Å². The summed E-state index contributed by atoms with van der Waals surface area (Å²) in [6.45, 7) is 0.0817. The van der Waals surface area contributed by atoms with Crippen molar-refractivity contribution in [3.8, 4) is 0 Å². The summed E-state index contributed by atoms with van der Waals surface area (Å²) in [5, 5.41) is 2.23. The largest absolute Gasteiger partial charge is 0.464 e. The number of hydrogen-bond acceptors (Lipinski definition) is 4. The normalized spacial score (nSPS) is 18.4. The Labute approximate surface area is 125 Å². The first-order valence-electron chi connectivity index (χ1n) is 6.62. The van der Waals surface area contributed by atoms with E-state index in [0.29, 0.717) is 6.42 Å². The van der Waals surface area contributed by atoms with Crippen molar-refractivity contribution >= 4 is 17.6 Å². The highest BCUT2D eigenvalue weighted by molar-refractivity contribution is 5.93. The Kier molecular flexibility index (Phi) is 4.70. The van der Waals surface area contributed by atoms with E-state index in [4.69, 9.17) is 4.74 Å². The Morgan fingerprint density at radius 3 is 2.68 bits per heavy atom. The second kappa shape index (κ2) is 6.35. The van der Waals surface area contributed by atoms with Crippen LogP contribution in [0.5, 0.6) is 0 Å². The zero-order valence-electron chi connectivity index (χ0n) is 11.8. The Bertz CT molecular complexity index is 575. The third kappa shape index (κ3) is 3.76. The van der Waals surface area contributed by atoms with Crippen LogP contribution >= 0.6 is 0 Å². The molecule has 1 N–H and O–H groups in total. The lowest BCUT2D eigenvalue weighted by Crippen LogP contribution is -2.40. The Morgan fingerprint density at radius 1 is 1.41 bits per heavy atom. The first-order valence-corrected chi connectivity index (χ1v) is 6.62. The van der Waals surface area contributed by atoms with Crippen molar-refractivity contribution in [3.05, 3.63) is 29.8 Å². The van der Waals surface area contributed by atoms with E-state index in [1.165, 1.54) is 23.1 Å². The predicted octanol–water partition coefficient (Wildman–Crippen LogP) is 1.89. The number of rotatable bonds is 4. The number of halogens is 3. The summed E-state index contributed by atoms with van der Waals surface area (Å²) >= 11 is 0. The lowest BCUT2D eigenvalue weighted by Gasteiger charge is -2.21. The molecule has 2 rings (SSSR count). The van der Waals surface area contributed by atoms with E-state index in [-0.39, 0.29) is 18.8 Å². The average molecular weight is 316 g/mol. The standard InChI is InChI=1S/C14H15F3N2O3/c1-19(11-6-7-22-13(11)21)8-12(20)18-10-5-3-2-4-9(10)14(15,16)17/h2-5,11H,6-8H2,1H3,(H,18,20)/t11-/m1/s1. The molecular formula is C14H15F3N2O3. The number of likely N-dealkylation sites (N-methyl/N-ethyl adjacent to an activating group) is 1. The van der Waals surface area contributed by atoms with E-state index < -0.39 is 29.7 Å². The lowest BCUT2D eigenvalue weighted by molar-refractivity contribution is -0.142. The Hall–Kier alpha value is -2.09. The van der Waals surface area contributed by atoms with Crippen molar-refractivity contribution in [1.82, 2.24) is 4.90 Å². The molecule has 0 spiro atoms. The molecule has 0 aromatic heterocycles. The zero-order chi connectivity index (χ0) is 16.3. The molecular weight excluding hydrogens is 301 g/mol. The van der Waals surface area contributed by atoms with Gasteiger partial charge in [0.05, 0.1) is 24.4 Å². The van der Waals surface area contributed by atoms with Crippen LogP contribution in [0.1, 0.15) is 12.0 Å². The highest BCUT2D eigenvalue weighted by Crippen LogP contribution is 2.34. The van der Waals surface area contributed by atoms with Gasteiger partial charge in [0.2, 0.25) is 5.91 Å². The number of cyclic esters (lactones) is 1. The molecule has 0 unspecified atom stereocenters. The number of nitrogens with one attached hydrogen (secondary N) is 1. The summed E-state index contributed by atoms with van der Waals surface area (Å²) in [7, 11) is 1.55. The van der Waals surface area contributed by atoms with Crippen molar-refractivity contribution in [2.75, 3.05) is 25.5 Å². The van der Waals surface area contributed by atoms with Gasteiger partial charge in [-0.3, -0.25) is 14.5 Å². The summed E-state index contributed by atoms with van der Waals surface area (Å²) in [5.74, 6) is -1.05. The van der Waals surface area contributed by atoms with Gasteiger partial charge in [-0.1, -0.05) is 12.1 Å². The summed E-state index contributed by atoms with van der Waals surface area (Å²) in [5.41, 5.74) is -1.21. The number of benzene rings is 1. The third-order valence-electron chi connectivity index (χ3n) is 3.34. The maximum Gasteiger partial charge on any atom is 0.418 e. The molecule has 1 heterocycles. The lowest BCUT2D eigenvalue weighted by atomic mass is 10.1. The smallest absolute Gasteiger partial charge is 0.418 e. The minimum atomic E-state index is -4.55. The van der Waals surface area contributed by atoms with Crippen molar-refractivity contribution in [2.45, 2.75) is 18.6 Å². The van der Waals surface area contributed by atoms with Crippen LogP contribution in [-0.2, 0) is 20.5 Å². The van der Waals surface area contributed by atoms with Crippen LogP contribution in [0.15, 0.2) is 24.3 Å². The number of alkyl halides is 3. The number of carbonyl (C=O) groups excluding carboxylic acids is 2. The van der Waals surface area contributed by atoms with Crippen LogP contribution in [0.4, 0.5) is 18.9 Å². The SMILES string of the molecule is CN(CC(=O)Nc1ccccc1C(F)(F)F)[C@@H]1CCOC1=O. The third-order valence-corrected chi connectivity index (χ3v) is 3.34. The molecule has 0 aliphatic carbocycles. The second-order valence-electron chi connectivity index (χ2n) is 4.98. The van der Waals surface area contributed by atoms with Gasteiger partial charge < -0.3 is 10.1 Å². The minimum Gasteiger partial charge on any atom is -0.464 e. The molecule has 1 saturated heterocycles. The topological polar surface area (TPSA) is 58.6 Å². The molecule has 8 heteroatoms. The molecule has 1 aliphatic rings. The van der Waals surface area contributed by atoms with Gasteiger partial charge in [0.1, 0.15) is 6.04 Å². The molecule has 1 aliphatic heterocycles. The van der Waals surface area contributed by atoms with E-state index in [1.807, 2.05) is 0 Å². The van der Waals surface area contributed by atoms with Gasteiger partial charge in [0, 0.05) is 6.42 Å². The fourth-order valence-corrected chi connectivity index (χ4v) is 2.25. The van der Waals surface area contributed by atoms with Crippen LogP contribution in [0, 0.1) is 0 Å². The Morgan fingerprint density at radius 2 is 2.09 bits per heavy atom. The first-order chi connectivity index (χ1) is 10.3.